The first kappa shape index (κ1) is 16.7. The molecule has 0 spiro atoms. The molecule has 1 heterocycles. The van der Waals surface area contributed by atoms with Crippen LogP contribution in [-0.4, -0.2) is 43.9 Å². The largest absolute Gasteiger partial charge is 0.485 e. The molecule has 1 aromatic rings. The molecule has 0 unspecified atom stereocenters. The Kier molecular flexibility index (Phi) is 5.04. The maximum Gasteiger partial charge on any atom is 0.169 e. The SMILES string of the molecule is COC(CN[C@H]1c2cc(C#N)ccc2OC(C)(C)[C@@H]1O)OC. The van der Waals surface area contributed by atoms with E-state index in [1.807, 2.05) is 13.8 Å². The Bertz CT molecular complexity index is 564. The quantitative estimate of drug-likeness (QED) is 0.799. The van der Waals surface area contributed by atoms with Crippen LogP contribution in [0.25, 0.3) is 0 Å². The van der Waals surface area contributed by atoms with Crippen LogP contribution < -0.4 is 10.1 Å². The summed E-state index contributed by atoms with van der Waals surface area (Å²) in [5, 5.41) is 22.9. The van der Waals surface area contributed by atoms with Crippen molar-refractivity contribution < 1.29 is 19.3 Å². The van der Waals surface area contributed by atoms with E-state index in [9.17, 15) is 5.11 Å². The second kappa shape index (κ2) is 6.63. The van der Waals surface area contributed by atoms with Gasteiger partial charge in [0.2, 0.25) is 0 Å². The van der Waals surface area contributed by atoms with Crippen molar-refractivity contribution >= 4 is 0 Å². The Hall–Kier alpha value is -1.65. The summed E-state index contributed by atoms with van der Waals surface area (Å²) in [4.78, 5) is 0. The minimum absolute atomic E-state index is 0.375. The zero-order valence-corrected chi connectivity index (χ0v) is 13.3. The first-order chi connectivity index (χ1) is 10.4. The molecule has 22 heavy (non-hydrogen) atoms. The smallest absolute Gasteiger partial charge is 0.169 e. The topological polar surface area (TPSA) is 83.7 Å². The van der Waals surface area contributed by atoms with Gasteiger partial charge in [0.1, 0.15) is 17.5 Å². The molecule has 1 aliphatic rings. The van der Waals surface area contributed by atoms with Gasteiger partial charge in [-0.25, -0.2) is 0 Å². The second-order valence-electron chi connectivity index (χ2n) is 5.80. The lowest BCUT2D eigenvalue weighted by molar-refractivity contribution is -0.109. The van der Waals surface area contributed by atoms with E-state index in [2.05, 4.69) is 11.4 Å². The molecule has 2 atom stereocenters. The van der Waals surface area contributed by atoms with E-state index in [1.165, 1.54) is 0 Å². The number of nitriles is 1. The fourth-order valence-electron chi connectivity index (χ4n) is 2.58. The zero-order chi connectivity index (χ0) is 16.3. The zero-order valence-electron chi connectivity index (χ0n) is 13.3. The Labute approximate surface area is 130 Å². The van der Waals surface area contributed by atoms with Crippen LogP contribution >= 0.6 is 0 Å². The molecule has 0 amide bonds. The van der Waals surface area contributed by atoms with Crippen LogP contribution in [0.5, 0.6) is 5.75 Å². The van der Waals surface area contributed by atoms with Gasteiger partial charge in [0.05, 0.1) is 17.7 Å². The summed E-state index contributed by atoms with van der Waals surface area (Å²) in [6.07, 6.45) is -1.19. The summed E-state index contributed by atoms with van der Waals surface area (Å²) in [7, 11) is 3.11. The van der Waals surface area contributed by atoms with Gasteiger partial charge < -0.3 is 24.6 Å². The molecule has 1 aliphatic heterocycles. The number of benzene rings is 1. The maximum atomic E-state index is 10.6. The summed E-state index contributed by atoms with van der Waals surface area (Å²) >= 11 is 0. The highest BCUT2D eigenvalue weighted by molar-refractivity contribution is 5.46. The number of ether oxygens (including phenoxy) is 3. The van der Waals surface area contributed by atoms with Crippen molar-refractivity contribution in [3.05, 3.63) is 29.3 Å². The molecule has 0 bridgehead atoms. The number of nitrogens with one attached hydrogen (secondary N) is 1. The first-order valence-electron chi connectivity index (χ1n) is 7.13. The monoisotopic (exact) mass is 306 g/mol. The summed E-state index contributed by atoms with van der Waals surface area (Å²) in [5.74, 6) is 0.665. The molecule has 6 nitrogen and oxygen atoms in total. The minimum atomic E-state index is -0.775. The lowest BCUT2D eigenvalue weighted by Crippen LogP contribution is -2.53. The average molecular weight is 306 g/mol. The molecule has 0 aliphatic carbocycles. The molecule has 6 heteroatoms. The van der Waals surface area contributed by atoms with Crippen LogP contribution in [0.2, 0.25) is 0 Å². The number of rotatable bonds is 5. The van der Waals surface area contributed by atoms with Gasteiger partial charge in [0.15, 0.2) is 6.29 Å². The molecule has 1 aromatic carbocycles. The molecular formula is C16H22N2O4. The van der Waals surface area contributed by atoms with E-state index in [1.54, 1.807) is 32.4 Å². The Morgan fingerprint density at radius 2 is 2.09 bits per heavy atom. The van der Waals surface area contributed by atoms with Gasteiger partial charge in [0.25, 0.3) is 0 Å². The predicted molar refractivity (Wildman–Crippen MR) is 80.4 cm³/mol. The third-order valence-corrected chi connectivity index (χ3v) is 3.91. The van der Waals surface area contributed by atoms with Crippen molar-refractivity contribution in [2.75, 3.05) is 20.8 Å². The molecule has 120 valence electrons. The third-order valence-electron chi connectivity index (χ3n) is 3.91. The molecular weight excluding hydrogens is 284 g/mol. The van der Waals surface area contributed by atoms with E-state index < -0.39 is 18.0 Å². The van der Waals surface area contributed by atoms with E-state index in [-0.39, 0.29) is 6.04 Å². The van der Waals surface area contributed by atoms with E-state index >= 15 is 0 Å². The molecule has 2 N–H and O–H groups in total. The van der Waals surface area contributed by atoms with Crippen molar-refractivity contribution in [3.8, 4) is 11.8 Å². The number of methoxy groups -OCH3 is 2. The van der Waals surface area contributed by atoms with Crippen molar-refractivity contribution in [2.45, 2.75) is 37.9 Å². The van der Waals surface area contributed by atoms with Crippen LogP contribution in [0.4, 0.5) is 0 Å². The molecule has 0 radical (unpaired) electrons. The van der Waals surface area contributed by atoms with Crippen LogP contribution in [0.15, 0.2) is 18.2 Å². The summed E-state index contributed by atoms with van der Waals surface area (Å²) in [6.45, 7) is 4.07. The fraction of sp³-hybridized carbons (Fsp3) is 0.562. The summed E-state index contributed by atoms with van der Waals surface area (Å²) in [6, 6.07) is 6.94. The van der Waals surface area contributed by atoms with Gasteiger partial charge >= 0.3 is 0 Å². The van der Waals surface area contributed by atoms with E-state index in [0.717, 1.165) is 5.56 Å². The number of hydrogen-bond acceptors (Lipinski definition) is 6. The van der Waals surface area contributed by atoms with E-state index in [0.29, 0.717) is 17.9 Å². The van der Waals surface area contributed by atoms with Gasteiger partial charge in [-0.05, 0) is 32.0 Å². The third kappa shape index (κ3) is 3.23. The first-order valence-corrected chi connectivity index (χ1v) is 7.13. The Balaban J connectivity index is 2.32. The van der Waals surface area contributed by atoms with Crippen molar-refractivity contribution in [2.24, 2.45) is 0 Å². The second-order valence-corrected chi connectivity index (χ2v) is 5.80. The number of hydrogen-bond donors (Lipinski definition) is 2. The van der Waals surface area contributed by atoms with Crippen LogP contribution in [0.3, 0.4) is 0 Å². The van der Waals surface area contributed by atoms with Crippen molar-refractivity contribution in [3.63, 3.8) is 0 Å². The Morgan fingerprint density at radius 3 is 2.68 bits per heavy atom. The highest BCUT2D eigenvalue weighted by Gasteiger charge is 2.42. The fourth-order valence-corrected chi connectivity index (χ4v) is 2.58. The number of nitrogens with zero attached hydrogens (tertiary/aromatic N) is 1. The predicted octanol–water partition coefficient (Wildman–Crippen LogP) is 1.34. The van der Waals surface area contributed by atoms with E-state index in [4.69, 9.17) is 19.5 Å². The lowest BCUT2D eigenvalue weighted by atomic mass is 9.86. The number of fused-ring (bicyclic) bond motifs is 1. The highest BCUT2D eigenvalue weighted by Crippen LogP contribution is 2.40. The van der Waals surface area contributed by atoms with Crippen LogP contribution in [-0.2, 0) is 9.47 Å². The Morgan fingerprint density at radius 1 is 1.41 bits per heavy atom. The number of aliphatic hydroxyl groups excluding tert-OH is 1. The minimum Gasteiger partial charge on any atom is -0.485 e. The molecule has 0 saturated carbocycles. The van der Waals surface area contributed by atoms with Gasteiger partial charge in [0, 0.05) is 26.3 Å². The number of aliphatic hydroxyl groups is 1. The summed E-state index contributed by atoms with van der Waals surface area (Å²) in [5.41, 5.74) is 0.544. The van der Waals surface area contributed by atoms with Gasteiger partial charge in [-0.1, -0.05) is 0 Å². The molecule has 2 rings (SSSR count). The molecule has 0 saturated heterocycles. The maximum absolute atomic E-state index is 10.6. The van der Waals surface area contributed by atoms with Crippen molar-refractivity contribution in [1.29, 1.82) is 5.26 Å². The molecule has 0 aromatic heterocycles. The average Bonchev–Trinajstić information content (AvgIpc) is 2.51. The van der Waals surface area contributed by atoms with Gasteiger partial charge in [-0.3, -0.25) is 0 Å². The van der Waals surface area contributed by atoms with Gasteiger partial charge in [-0.2, -0.15) is 5.26 Å². The van der Waals surface area contributed by atoms with Crippen molar-refractivity contribution in [1.82, 2.24) is 5.32 Å². The normalized spacial score (nSPS) is 22.8. The van der Waals surface area contributed by atoms with Gasteiger partial charge in [-0.15, -0.1) is 0 Å². The summed E-state index contributed by atoms with van der Waals surface area (Å²) < 4.78 is 16.2. The lowest BCUT2D eigenvalue weighted by Gasteiger charge is -2.42. The standard InChI is InChI=1S/C16H22N2O4/c1-16(2)15(19)14(18-9-13(20-3)21-4)11-7-10(8-17)5-6-12(11)22-16/h5-7,13-15,18-19H,9H2,1-4H3/t14-,15+/m0/s1. The van der Waals surface area contributed by atoms with Crippen LogP contribution in [0.1, 0.15) is 31.0 Å². The highest BCUT2D eigenvalue weighted by atomic mass is 16.7. The molecule has 0 fully saturated rings. The van der Waals surface area contributed by atoms with Crippen LogP contribution in [0, 0.1) is 11.3 Å².